The van der Waals surface area contributed by atoms with Crippen LogP contribution in [0.1, 0.15) is 26.3 Å². The van der Waals surface area contributed by atoms with E-state index in [2.05, 4.69) is 0 Å². The molecular weight excluding hydrogens is 444 g/mol. The molecule has 1 aromatic carbocycles. The minimum atomic E-state index is -3.88. The van der Waals surface area contributed by atoms with Gasteiger partial charge in [-0.2, -0.15) is 11.3 Å². The topological polar surface area (TPSA) is 68.6 Å². The van der Waals surface area contributed by atoms with Crippen molar-refractivity contribution in [3.8, 4) is 11.3 Å². The second-order valence-corrected chi connectivity index (χ2v) is 10.9. The number of aromatic nitrogens is 1. The normalized spacial score (nSPS) is 12.0. The number of carbonyl (C=O) groups is 1. The molecule has 0 aliphatic carbocycles. The number of amides is 1. The smallest absolute Gasteiger partial charge is 0.410 e. The Morgan fingerprint density at radius 2 is 1.97 bits per heavy atom. The summed E-state index contributed by atoms with van der Waals surface area (Å²) in [5, 5.41) is 4.09. The molecule has 0 bridgehead atoms. The van der Waals surface area contributed by atoms with Crippen molar-refractivity contribution in [2.45, 2.75) is 37.8 Å². The van der Waals surface area contributed by atoms with Gasteiger partial charge < -0.3 is 9.64 Å². The summed E-state index contributed by atoms with van der Waals surface area (Å²) < 4.78 is 33.3. The third-order valence-corrected chi connectivity index (χ3v) is 6.73. The summed E-state index contributed by atoms with van der Waals surface area (Å²) in [4.78, 5) is 13.8. The van der Waals surface area contributed by atoms with Crippen LogP contribution in [0.25, 0.3) is 11.3 Å². The van der Waals surface area contributed by atoms with Gasteiger partial charge in [-0.1, -0.05) is 17.7 Å². The molecule has 1 amide bonds. The molecule has 3 aromatic rings. The highest BCUT2D eigenvalue weighted by molar-refractivity contribution is 7.90. The molecule has 2 aromatic heterocycles. The molecule has 3 rings (SSSR count). The summed E-state index contributed by atoms with van der Waals surface area (Å²) >= 11 is 7.48. The molecule has 6 nitrogen and oxygen atoms in total. The van der Waals surface area contributed by atoms with Gasteiger partial charge in [0.1, 0.15) is 5.60 Å². The molecule has 0 saturated carbocycles. The highest BCUT2D eigenvalue weighted by Gasteiger charge is 2.24. The van der Waals surface area contributed by atoms with E-state index in [1.165, 1.54) is 38.5 Å². The van der Waals surface area contributed by atoms with Crippen LogP contribution in [0.15, 0.2) is 58.3 Å². The molecule has 0 saturated heterocycles. The van der Waals surface area contributed by atoms with Crippen molar-refractivity contribution >= 4 is 39.1 Å². The number of nitrogens with zero attached hydrogens (tertiary/aromatic N) is 2. The first-order valence-corrected chi connectivity index (χ1v) is 11.9. The molecule has 0 aliphatic heterocycles. The first-order valence-electron chi connectivity index (χ1n) is 9.16. The fourth-order valence-corrected chi connectivity index (χ4v) is 5.17. The van der Waals surface area contributed by atoms with Crippen LogP contribution < -0.4 is 0 Å². The van der Waals surface area contributed by atoms with Crippen LogP contribution >= 0.6 is 22.9 Å². The summed E-state index contributed by atoms with van der Waals surface area (Å²) in [7, 11) is -2.27. The lowest BCUT2D eigenvalue weighted by molar-refractivity contribution is 0.0285. The van der Waals surface area contributed by atoms with E-state index in [9.17, 15) is 13.2 Å². The Morgan fingerprint density at radius 1 is 1.23 bits per heavy atom. The second-order valence-electron chi connectivity index (χ2n) is 7.84. The monoisotopic (exact) mass is 466 g/mol. The standard InChI is InChI=1S/C21H23ClN2O4S2/c1-21(2,3)28-20(25)23(4)12-15-10-19(16-8-9-29-14-16)24(13-15)30(26,27)18-7-5-6-17(22)11-18/h5-11,13-14H,12H2,1-4H3. The van der Waals surface area contributed by atoms with Crippen molar-refractivity contribution in [1.29, 1.82) is 0 Å². The van der Waals surface area contributed by atoms with Crippen molar-refractivity contribution in [3.05, 3.63) is 63.9 Å². The second kappa shape index (κ2) is 8.45. The predicted molar refractivity (Wildman–Crippen MR) is 119 cm³/mol. The average molecular weight is 467 g/mol. The van der Waals surface area contributed by atoms with Crippen LogP contribution in [0.2, 0.25) is 5.02 Å². The quantitative estimate of drug-likeness (QED) is 0.499. The number of thiophene rings is 1. The predicted octanol–water partition coefficient (Wildman–Crippen LogP) is 5.47. The molecule has 0 unspecified atom stereocenters. The maximum atomic E-state index is 13.3. The van der Waals surface area contributed by atoms with Crippen LogP contribution in [0.3, 0.4) is 0 Å². The van der Waals surface area contributed by atoms with Crippen molar-refractivity contribution in [1.82, 2.24) is 8.87 Å². The number of halogens is 1. The Bertz CT molecular complexity index is 1150. The van der Waals surface area contributed by atoms with E-state index in [1.807, 2.05) is 16.8 Å². The molecule has 9 heteroatoms. The third kappa shape index (κ3) is 5.06. The Labute approximate surface area is 185 Å². The van der Waals surface area contributed by atoms with E-state index in [0.29, 0.717) is 16.3 Å². The number of hydrogen-bond acceptors (Lipinski definition) is 5. The van der Waals surface area contributed by atoms with Gasteiger partial charge in [0.2, 0.25) is 0 Å². The Balaban J connectivity index is 2.00. The summed E-state index contributed by atoms with van der Waals surface area (Å²) in [5.74, 6) is 0. The Hall–Kier alpha value is -2.29. The minimum absolute atomic E-state index is 0.0918. The maximum absolute atomic E-state index is 13.3. The van der Waals surface area contributed by atoms with Crippen LogP contribution in [0.5, 0.6) is 0 Å². The number of rotatable bonds is 5. The van der Waals surface area contributed by atoms with Gasteiger partial charge in [-0.05, 0) is 62.0 Å². The number of benzene rings is 1. The maximum Gasteiger partial charge on any atom is 0.410 e. The molecule has 0 aliphatic rings. The number of ether oxygens (including phenoxy) is 1. The van der Waals surface area contributed by atoms with E-state index < -0.39 is 21.7 Å². The van der Waals surface area contributed by atoms with Crippen molar-refractivity contribution in [2.24, 2.45) is 0 Å². The van der Waals surface area contributed by atoms with Crippen LogP contribution in [-0.2, 0) is 21.3 Å². The molecule has 30 heavy (non-hydrogen) atoms. The molecular formula is C21H23ClN2O4S2. The number of carbonyl (C=O) groups excluding carboxylic acids is 1. The highest BCUT2D eigenvalue weighted by atomic mass is 35.5. The van der Waals surface area contributed by atoms with Gasteiger partial charge in [0.05, 0.1) is 17.1 Å². The van der Waals surface area contributed by atoms with Gasteiger partial charge >= 0.3 is 6.09 Å². The molecule has 0 radical (unpaired) electrons. The zero-order chi connectivity index (χ0) is 22.1. The van der Waals surface area contributed by atoms with E-state index in [4.69, 9.17) is 16.3 Å². The molecule has 0 N–H and O–H groups in total. The zero-order valence-corrected chi connectivity index (χ0v) is 19.5. The Morgan fingerprint density at radius 3 is 2.57 bits per heavy atom. The lowest BCUT2D eigenvalue weighted by Crippen LogP contribution is -2.33. The van der Waals surface area contributed by atoms with Gasteiger partial charge in [0.15, 0.2) is 0 Å². The zero-order valence-electron chi connectivity index (χ0n) is 17.1. The number of hydrogen-bond donors (Lipinski definition) is 0. The minimum Gasteiger partial charge on any atom is -0.444 e. The SMILES string of the molecule is CN(Cc1cc(-c2ccsc2)n(S(=O)(=O)c2cccc(Cl)c2)c1)C(=O)OC(C)(C)C. The lowest BCUT2D eigenvalue weighted by Gasteiger charge is -2.24. The van der Waals surface area contributed by atoms with E-state index in [0.717, 1.165) is 5.56 Å². The Kier molecular flexibility index (Phi) is 6.31. The first-order chi connectivity index (χ1) is 14.0. The van der Waals surface area contributed by atoms with Gasteiger partial charge in [-0.3, -0.25) is 0 Å². The van der Waals surface area contributed by atoms with Crippen LogP contribution in [0.4, 0.5) is 4.79 Å². The van der Waals surface area contributed by atoms with E-state index in [-0.39, 0.29) is 11.4 Å². The van der Waals surface area contributed by atoms with Gasteiger partial charge in [-0.15, -0.1) is 0 Å². The van der Waals surface area contributed by atoms with Crippen LogP contribution in [-0.4, -0.2) is 36.0 Å². The van der Waals surface area contributed by atoms with Gasteiger partial charge in [0, 0.05) is 29.2 Å². The summed E-state index contributed by atoms with van der Waals surface area (Å²) in [5.41, 5.74) is 1.34. The van der Waals surface area contributed by atoms with E-state index >= 15 is 0 Å². The molecule has 0 spiro atoms. The average Bonchev–Trinajstić information content (AvgIpc) is 3.29. The fraction of sp³-hybridized carbons (Fsp3) is 0.286. The lowest BCUT2D eigenvalue weighted by atomic mass is 10.2. The summed E-state index contributed by atoms with van der Waals surface area (Å²) in [6.07, 6.45) is 1.05. The van der Waals surface area contributed by atoms with Crippen molar-refractivity contribution in [2.75, 3.05) is 7.05 Å². The molecule has 0 fully saturated rings. The summed E-state index contributed by atoms with van der Waals surface area (Å²) in [6.45, 7) is 5.58. The summed E-state index contributed by atoms with van der Waals surface area (Å²) in [6, 6.07) is 9.76. The van der Waals surface area contributed by atoms with Gasteiger partial charge in [0.25, 0.3) is 10.0 Å². The molecule has 160 valence electrons. The fourth-order valence-electron chi connectivity index (χ4n) is 2.82. The van der Waals surface area contributed by atoms with Crippen molar-refractivity contribution in [3.63, 3.8) is 0 Å². The van der Waals surface area contributed by atoms with E-state index in [1.54, 1.807) is 46.0 Å². The van der Waals surface area contributed by atoms with Crippen LogP contribution in [0, 0.1) is 0 Å². The third-order valence-electron chi connectivity index (χ3n) is 4.14. The molecule has 0 atom stereocenters. The van der Waals surface area contributed by atoms with Gasteiger partial charge in [-0.25, -0.2) is 17.2 Å². The molecule has 2 heterocycles. The highest BCUT2D eigenvalue weighted by Crippen LogP contribution is 2.30. The first kappa shape index (κ1) is 22.4. The van der Waals surface area contributed by atoms with Crippen molar-refractivity contribution < 1.29 is 17.9 Å². The largest absolute Gasteiger partial charge is 0.444 e.